The largest absolute Gasteiger partial charge is 0.390 e. The number of allylic oxidation sites excluding steroid dienone is 4. The molecule has 0 saturated heterocycles. The van der Waals surface area contributed by atoms with E-state index in [-0.39, 0.29) is 11.8 Å². The van der Waals surface area contributed by atoms with Gasteiger partial charge >= 0.3 is 0 Å². The van der Waals surface area contributed by atoms with E-state index in [0.717, 1.165) is 77.8 Å². The zero-order valence-electron chi connectivity index (χ0n) is 61.2. The number of carbonyl (C=O) groups excluding carboxylic acids is 2. The van der Waals surface area contributed by atoms with E-state index in [0.29, 0.717) is 52.1 Å². The van der Waals surface area contributed by atoms with E-state index < -0.39 is 12.2 Å². The number of aliphatic hydroxyl groups excluding tert-OH is 2. The maximum absolute atomic E-state index is 12.7. The molecule has 0 aromatic carbocycles. The van der Waals surface area contributed by atoms with Gasteiger partial charge in [0.15, 0.2) is 0 Å². The smallest absolute Gasteiger partial charge is 0.221 e. The molecule has 0 saturated carbocycles. The summed E-state index contributed by atoms with van der Waals surface area (Å²) < 4.78 is 0. The number of aliphatic hydroxyl groups is 2. The first-order valence-corrected chi connectivity index (χ1v) is 40.4. The topological polar surface area (TPSA) is 129 Å². The summed E-state index contributed by atoms with van der Waals surface area (Å²) in [7, 11) is 0. The molecule has 0 bridgehead atoms. The van der Waals surface area contributed by atoms with Crippen molar-refractivity contribution in [1.82, 2.24) is 31.1 Å². The quantitative estimate of drug-likeness (QED) is 0.0262. The van der Waals surface area contributed by atoms with Crippen LogP contribution < -0.4 is 21.3 Å². The Bertz CT molecular complexity index is 1360. The maximum atomic E-state index is 12.7. The number of nitrogens with zero attached hydrogens (tertiary/aromatic N) is 2. The number of amides is 2. The van der Waals surface area contributed by atoms with Crippen LogP contribution in [0.25, 0.3) is 0 Å². The Kier molecular flexibility index (Phi) is 74.7. The average Bonchev–Trinajstić information content (AvgIpc) is 3.70. The highest BCUT2D eigenvalue weighted by molar-refractivity contribution is 5.76. The molecule has 0 spiro atoms. The van der Waals surface area contributed by atoms with Crippen molar-refractivity contribution in [2.45, 2.75) is 399 Å². The van der Waals surface area contributed by atoms with E-state index in [1.165, 1.54) is 308 Å². The Morgan fingerprint density at radius 1 is 0.289 bits per heavy atom. The molecule has 0 aliphatic heterocycles. The molecule has 0 aromatic heterocycles. The van der Waals surface area contributed by atoms with E-state index >= 15 is 0 Å². The predicted molar refractivity (Wildman–Crippen MR) is 396 cm³/mol. The van der Waals surface area contributed by atoms with Crippen molar-refractivity contribution in [2.75, 3.05) is 78.5 Å². The molecule has 10 nitrogen and oxygen atoms in total. The van der Waals surface area contributed by atoms with Gasteiger partial charge in [0, 0.05) is 65.2 Å². The van der Waals surface area contributed by atoms with Crippen LogP contribution in [0.5, 0.6) is 0 Å². The molecule has 2 unspecified atom stereocenters. The van der Waals surface area contributed by atoms with Crippen molar-refractivity contribution in [3.8, 4) is 0 Å². The van der Waals surface area contributed by atoms with Crippen molar-refractivity contribution in [3.63, 3.8) is 0 Å². The monoisotopic (exact) mass is 1270 g/mol. The molecule has 0 heterocycles. The van der Waals surface area contributed by atoms with Gasteiger partial charge in [-0.1, -0.05) is 309 Å². The molecule has 2 atom stereocenters. The van der Waals surface area contributed by atoms with E-state index in [4.69, 9.17) is 0 Å². The van der Waals surface area contributed by atoms with Crippen LogP contribution >= 0.6 is 0 Å². The van der Waals surface area contributed by atoms with E-state index in [2.05, 4.69) is 83.1 Å². The highest BCUT2D eigenvalue weighted by Crippen LogP contribution is 2.17. The second-order valence-corrected chi connectivity index (χ2v) is 27.9. The summed E-state index contributed by atoms with van der Waals surface area (Å²) in [6.45, 7) is 18.1. The number of nitrogens with one attached hydrogen (secondary N) is 4. The van der Waals surface area contributed by atoms with Crippen LogP contribution in [0, 0.1) is 0 Å². The van der Waals surface area contributed by atoms with Gasteiger partial charge in [-0.15, -0.1) is 0 Å². The molecule has 90 heavy (non-hydrogen) atoms. The molecule has 6 N–H and O–H groups in total. The zero-order chi connectivity index (χ0) is 65.2. The standard InChI is InChI=1S/C80H160N6O4/c1-5-9-13-17-21-25-29-33-35-37-39-41-45-49-53-57-65-83-79(89)63-67-81-73-77(87)75-85(69-59-55-51-47-43-31-27-23-19-15-11-7-3)71-61-62-72-86(70-60-56-52-48-44-32-28-24-20-16-12-8-4)76-78(88)74-82-68-64-80(90)84-66-58-54-50-46-42-40-38-36-34-30-26-22-18-14-10-6-2/h33-36,77-78,81-82,87-88H,5-32,37-76H2,1-4H3,(H,83,89)(H,84,90)/b35-33+,36-34+. The molecule has 0 radical (unpaired) electrons. The van der Waals surface area contributed by atoms with Crippen LogP contribution in [0.15, 0.2) is 24.3 Å². The summed E-state index contributed by atoms with van der Waals surface area (Å²) in [5.41, 5.74) is 0. The van der Waals surface area contributed by atoms with Crippen LogP contribution in [-0.4, -0.2) is 123 Å². The number of unbranched alkanes of at least 4 members (excludes halogenated alkanes) is 47. The van der Waals surface area contributed by atoms with Crippen LogP contribution in [0.1, 0.15) is 387 Å². The minimum absolute atomic E-state index is 0.101. The molecule has 2 amide bonds. The van der Waals surface area contributed by atoms with Crippen molar-refractivity contribution in [3.05, 3.63) is 24.3 Å². The van der Waals surface area contributed by atoms with Gasteiger partial charge in [-0.3, -0.25) is 9.59 Å². The van der Waals surface area contributed by atoms with E-state index in [9.17, 15) is 19.8 Å². The summed E-state index contributed by atoms with van der Waals surface area (Å²) in [5.74, 6) is 0.202. The number of hydrogen-bond donors (Lipinski definition) is 6. The first kappa shape index (κ1) is 88.2. The second kappa shape index (κ2) is 76.2. The van der Waals surface area contributed by atoms with Crippen LogP contribution in [-0.2, 0) is 9.59 Å². The fourth-order valence-electron chi connectivity index (χ4n) is 12.7. The Labute approximate surface area is 562 Å². The molecule has 0 aliphatic carbocycles. The lowest BCUT2D eigenvalue weighted by Gasteiger charge is -2.27. The first-order valence-electron chi connectivity index (χ1n) is 40.4. The molecule has 0 aliphatic rings. The molecule has 534 valence electrons. The normalized spacial score (nSPS) is 12.7. The van der Waals surface area contributed by atoms with E-state index in [1.54, 1.807) is 0 Å². The third-order valence-corrected chi connectivity index (χ3v) is 18.6. The van der Waals surface area contributed by atoms with Gasteiger partial charge in [-0.05, 0) is 116 Å². The van der Waals surface area contributed by atoms with Crippen LogP contribution in [0.3, 0.4) is 0 Å². The van der Waals surface area contributed by atoms with Gasteiger partial charge in [-0.25, -0.2) is 0 Å². The van der Waals surface area contributed by atoms with Gasteiger partial charge in [0.05, 0.1) is 12.2 Å². The molecule has 0 fully saturated rings. The van der Waals surface area contributed by atoms with Gasteiger partial charge < -0.3 is 41.3 Å². The summed E-state index contributed by atoms with van der Waals surface area (Å²) in [4.78, 5) is 30.3. The average molecular weight is 1270 g/mol. The minimum atomic E-state index is -0.482. The third kappa shape index (κ3) is 72.0. The third-order valence-electron chi connectivity index (χ3n) is 18.6. The lowest BCUT2D eigenvalue weighted by atomic mass is 10.1. The first-order chi connectivity index (χ1) is 44.4. The van der Waals surface area contributed by atoms with Crippen LogP contribution in [0.2, 0.25) is 0 Å². The highest BCUT2D eigenvalue weighted by atomic mass is 16.3. The predicted octanol–water partition coefficient (Wildman–Crippen LogP) is 20.8. The summed E-state index contributed by atoms with van der Waals surface area (Å²) in [5, 5.41) is 35.7. The molecular weight excluding hydrogens is 1110 g/mol. The van der Waals surface area contributed by atoms with Crippen molar-refractivity contribution >= 4 is 11.8 Å². The SMILES string of the molecule is CCCCCCCC/C=C/CCCCCCCCNC(=O)CCNCC(O)CN(CCCCCCCCCCCCCC)CCCCN(CCCCCCCCCCCCCC)CC(O)CNCCC(=O)NCCCCCCCC/C=C/CCCCCCCC. The van der Waals surface area contributed by atoms with Crippen molar-refractivity contribution in [1.29, 1.82) is 0 Å². The summed E-state index contributed by atoms with van der Waals surface area (Å²) >= 11 is 0. The maximum Gasteiger partial charge on any atom is 0.221 e. The van der Waals surface area contributed by atoms with Gasteiger partial charge in [0.25, 0.3) is 0 Å². The molecule has 0 rings (SSSR count). The second-order valence-electron chi connectivity index (χ2n) is 27.9. The Balaban J connectivity index is 4.92. The van der Waals surface area contributed by atoms with Gasteiger partial charge in [0.1, 0.15) is 0 Å². The van der Waals surface area contributed by atoms with Crippen LogP contribution in [0.4, 0.5) is 0 Å². The van der Waals surface area contributed by atoms with Gasteiger partial charge in [0.2, 0.25) is 11.8 Å². The Morgan fingerprint density at radius 3 is 0.756 bits per heavy atom. The van der Waals surface area contributed by atoms with Gasteiger partial charge in [-0.2, -0.15) is 0 Å². The minimum Gasteiger partial charge on any atom is -0.390 e. The Morgan fingerprint density at radius 2 is 0.500 bits per heavy atom. The number of rotatable bonds is 77. The summed E-state index contributed by atoms with van der Waals surface area (Å²) in [6.07, 6.45) is 79.8. The molecule has 0 aromatic rings. The van der Waals surface area contributed by atoms with E-state index in [1.807, 2.05) is 0 Å². The number of hydrogen-bond acceptors (Lipinski definition) is 8. The lowest BCUT2D eigenvalue weighted by Crippen LogP contribution is -2.41. The Hall–Kier alpha value is -1.82. The summed E-state index contributed by atoms with van der Waals surface area (Å²) in [6, 6.07) is 0. The van der Waals surface area contributed by atoms with Crippen molar-refractivity contribution in [2.24, 2.45) is 0 Å². The molecular formula is C80H160N6O4. The zero-order valence-corrected chi connectivity index (χ0v) is 61.2. The highest BCUT2D eigenvalue weighted by Gasteiger charge is 2.15. The fourth-order valence-corrected chi connectivity index (χ4v) is 12.7. The van der Waals surface area contributed by atoms with Crippen molar-refractivity contribution < 1.29 is 19.8 Å². The molecule has 10 heteroatoms. The lowest BCUT2D eigenvalue weighted by molar-refractivity contribution is -0.121. The fraction of sp³-hybridized carbons (Fsp3) is 0.925. The number of carbonyl (C=O) groups is 2.